The molecule has 0 spiro atoms. The summed E-state index contributed by atoms with van der Waals surface area (Å²) in [5.41, 5.74) is 2.05. The third-order valence-corrected chi connectivity index (χ3v) is 9.73. The Balaban J connectivity index is 1.28. The van der Waals surface area contributed by atoms with Crippen molar-refractivity contribution in [2.45, 2.75) is 75.4 Å². The Hall–Kier alpha value is -5.79. The predicted octanol–water partition coefficient (Wildman–Crippen LogP) is 4.94. The summed E-state index contributed by atoms with van der Waals surface area (Å²) in [5, 5.41) is 24.4. The number of carbonyl (C=O) groups excluding carboxylic acids is 4. The number of nitrogens with one attached hydrogen (secondary N) is 5. The van der Waals surface area contributed by atoms with E-state index in [2.05, 4.69) is 48.8 Å². The van der Waals surface area contributed by atoms with Crippen LogP contribution in [-0.2, 0) is 9.59 Å². The summed E-state index contributed by atoms with van der Waals surface area (Å²) >= 11 is 0. The number of tetrazole rings is 1. The Kier molecular flexibility index (Phi) is 10.9. The Bertz CT molecular complexity index is 1830. The van der Waals surface area contributed by atoms with Crippen molar-refractivity contribution in [2.24, 2.45) is 0 Å². The van der Waals surface area contributed by atoms with Crippen molar-refractivity contribution >= 4 is 35.4 Å². The fourth-order valence-corrected chi connectivity index (χ4v) is 7.23. The molecule has 266 valence electrons. The average Bonchev–Trinajstić information content (AvgIpc) is 3.61. The highest BCUT2D eigenvalue weighted by Crippen LogP contribution is 2.42. The van der Waals surface area contributed by atoms with Crippen LogP contribution in [0.15, 0.2) is 78.9 Å². The first-order valence-corrected chi connectivity index (χ1v) is 17.2. The minimum atomic E-state index is -0.989. The number of aromatic amines is 1. The van der Waals surface area contributed by atoms with E-state index in [0.717, 1.165) is 43.2 Å². The van der Waals surface area contributed by atoms with Crippen molar-refractivity contribution in [3.63, 3.8) is 0 Å². The minimum absolute atomic E-state index is 0.0764. The summed E-state index contributed by atoms with van der Waals surface area (Å²) in [5.74, 6) is -0.552. The van der Waals surface area contributed by atoms with Crippen LogP contribution in [0.25, 0.3) is 0 Å². The number of methoxy groups -OCH3 is 1. The van der Waals surface area contributed by atoms with Gasteiger partial charge in [0.05, 0.1) is 13.2 Å². The summed E-state index contributed by atoms with van der Waals surface area (Å²) in [4.78, 5) is 56.4. The molecule has 1 aliphatic carbocycles. The maximum atomic E-state index is 14.7. The second-order valence-corrected chi connectivity index (χ2v) is 13.4. The molecule has 2 heterocycles. The fourth-order valence-electron chi connectivity index (χ4n) is 7.23. The topological polar surface area (TPSA) is 183 Å². The summed E-state index contributed by atoms with van der Waals surface area (Å²) in [6.45, 7) is 1.91. The van der Waals surface area contributed by atoms with Crippen molar-refractivity contribution in [1.29, 1.82) is 0 Å². The molecule has 1 aromatic heterocycles. The van der Waals surface area contributed by atoms with E-state index in [4.69, 9.17) is 4.74 Å². The first-order valence-electron chi connectivity index (χ1n) is 17.2. The number of aromatic nitrogens is 4. The van der Waals surface area contributed by atoms with E-state index in [1.165, 1.54) is 6.07 Å². The van der Waals surface area contributed by atoms with E-state index in [-0.39, 0.29) is 47.7 Å². The van der Waals surface area contributed by atoms with E-state index in [1.54, 1.807) is 30.2 Å². The lowest BCUT2D eigenvalue weighted by atomic mass is 9.83. The van der Waals surface area contributed by atoms with Gasteiger partial charge in [0.25, 0.3) is 5.91 Å². The quantitative estimate of drug-likeness (QED) is 0.155. The molecule has 2 aliphatic rings. The molecule has 1 saturated carbocycles. The van der Waals surface area contributed by atoms with Crippen LogP contribution in [0.3, 0.4) is 0 Å². The molecule has 6 rings (SSSR count). The van der Waals surface area contributed by atoms with Crippen molar-refractivity contribution < 1.29 is 23.9 Å². The molecule has 14 heteroatoms. The molecular formula is C37H43N9O5. The number of hydrogen-bond acceptors (Lipinski definition) is 8. The molecule has 0 bridgehead atoms. The predicted molar refractivity (Wildman–Crippen MR) is 190 cm³/mol. The Morgan fingerprint density at radius 3 is 2.45 bits per heavy atom. The van der Waals surface area contributed by atoms with Gasteiger partial charge in [0.1, 0.15) is 18.3 Å². The number of urea groups is 1. The van der Waals surface area contributed by atoms with Gasteiger partial charge in [-0.1, -0.05) is 79.0 Å². The number of hydrogen-bond donors (Lipinski definition) is 5. The Morgan fingerprint density at radius 2 is 1.71 bits per heavy atom. The standard InChI is InChI=1S/C37H43N9O5/c1-37(18-9-4-10-19-37)41-32(47)23-46-30(24-12-5-3-6-13-24)22-26(28-16-7-8-17-31(28)51-2)21-29(34(46)49)39-36(50)38-27-15-11-14-25(20-27)33(48)40-35-42-44-45-43-35/h3,5-8,11-17,20,26,29-30H,4,9-10,18-19,21-23H2,1-2H3,(H,41,47)(H2,38,39,50)(H2,40,42,43,44,45,48). The second kappa shape index (κ2) is 15.8. The van der Waals surface area contributed by atoms with Crippen LogP contribution in [0.1, 0.15) is 85.3 Å². The number of ether oxygens (including phenoxy) is 1. The van der Waals surface area contributed by atoms with Crippen LogP contribution in [0.5, 0.6) is 5.75 Å². The molecular weight excluding hydrogens is 650 g/mol. The van der Waals surface area contributed by atoms with Crippen LogP contribution in [0.2, 0.25) is 0 Å². The lowest BCUT2D eigenvalue weighted by Gasteiger charge is -2.37. The van der Waals surface area contributed by atoms with Gasteiger partial charge >= 0.3 is 6.03 Å². The molecule has 14 nitrogen and oxygen atoms in total. The number of H-pyrrole nitrogens is 1. The summed E-state index contributed by atoms with van der Waals surface area (Å²) < 4.78 is 5.75. The zero-order valence-electron chi connectivity index (χ0n) is 28.7. The Labute approximate surface area is 296 Å². The normalized spacial score (nSPS) is 20.1. The van der Waals surface area contributed by atoms with E-state index in [0.29, 0.717) is 17.9 Å². The minimum Gasteiger partial charge on any atom is -0.496 e. The zero-order valence-corrected chi connectivity index (χ0v) is 28.7. The van der Waals surface area contributed by atoms with Gasteiger partial charge < -0.3 is 25.6 Å². The second-order valence-electron chi connectivity index (χ2n) is 13.4. The van der Waals surface area contributed by atoms with Gasteiger partial charge in [0.15, 0.2) is 0 Å². The molecule has 1 aliphatic heterocycles. The summed E-state index contributed by atoms with van der Waals surface area (Å²) in [7, 11) is 1.61. The molecule has 0 radical (unpaired) electrons. The van der Waals surface area contributed by atoms with Gasteiger partial charge in [0.2, 0.25) is 17.8 Å². The SMILES string of the molecule is COc1ccccc1C1CC(NC(=O)Nc2cccc(C(=O)Nc3nnn[nH]3)c2)C(=O)N(CC(=O)NC2(C)CCCCC2)C(c2ccccc2)C1. The summed E-state index contributed by atoms with van der Waals surface area (Å²) in [6.07, 6.45) is 5.76. The first kappa shape index (κ1) is 35.1. The molecule has 2 fully saturated rings. The number of amides is 5. The van der Waals surface area contributed by atoms with Crippen LogP contribution >= 0.6 is 0 Å². The lowest BCUT2D eigenvalue weighted by molar-refractivity contribution is -0.140. The van der Waals surface area contributed by atoms with Crippen molar-refractivity contribution in [2.75, 3.05) is 24.3 Å². The third-order valence-electron chi connectivity index (χ3n) is 9.73. The van der Waals surface area contributed by atoms with Crippen LogP contribution < -0.4 is 26.0 Å². The highest BCUT2D eigenvalue weighted by molar-refractivity contribution is 6.04. The van der Waals surface area contributed by atoms with E-state index in [1.807, 2.05) is 54.6 Å². The lowest BCUT2D eigenvalue weighted by Crippen LogP contribution is -2.54. The smallest absolute Gasteiger partial charge is 0.319 e. The van der Waals surface area contributed by atoms with Crippen LogP contribution in [-0.4, -0.2) is 74.5 Å². The van der Waals surface area contributed by atoms with Crippen molar-refractivity contribution in [3.05, 3.63) is 95.6 Å². The van der Waals surface area contributed by atoms with E-state index >= 15 is 0 Å². The third kappa shape index (κ3) is 8.69. The van der Waals surface area contributed by atoms with Crippen LogP contribution in [0, 0.1) is 0 Å². The fraction of sp³-hybridized carbons (Fsp3) is 0.378. The largest absolute Gasteiger partial charge is 0.496 e. The molecule has 5 amide bonds. The molecule has 3 aromatic carbocycles. The van der Waals surface area contributed by atoms with Crippen LogP contribution in [0.4, 0.5) is 16.4 Å². The number of nitrogens with zero attached hydrogens (tertiary/aromatic N) is 4. The maximum Gasteiger partial charge on any atom is 0.319 e. The molecule has 5 N–H and O–H groups in total. The molecule has 3 unspecified atom stereocenters. The first-order chi connectivity index (χ1) is 24.7. The van der Waals surface area contributed by atoms with Gasteiger partial charge in [-0.3, -0.25) is 19.7 Å². The van der Waals surface area contributed by atoms with Gasteiger partial charge in [0, 0.05) is 16.8 Å². The van der Waals surface area contributed by atoms with Gasteiger partial charge in [-0.15, -0.1) is 0 Å². The van der Waals surface area contributed by atoms with Crippen molar-refractivity contribution in [1.82, 2.24) is 36.2 Å². The van der Waals surface area contributed by atoms with Crippen molar-refractivity contribution in [3.8, 4) is 5.75 Å². The summed E-state index contributed by atoms with van der Waals surface area (Å²) in [6, 6.07) is 21.6. The Morgan fingerprint density at radius 1 is 0.941 bits per heavy atom. The van der Waals surface area contributed by atoms with Gasteiger partial charge in [-0.05, 0) is 84.3 Å². The highest BCUT2D eigenvalue weighted by Gasteiger charge is 2.41. The number of carbonyl (C=O) groups is 4. The molecule has 3 atom stereocenters. The van der Waals surface area contributed by atoms with E-state index < -0.39 is 24.0 Å². The number of anilines is 2. The van der Waals surface area contributed by atoms with Gasteiger partial charge in [-0.2, -0.15) is 0 Å². The average molecular weight is 694 g/mol. The number of rotatable bonds is 10. The molecule has 51 heavy (non-hydrogen) atoms. The monoisotopic (exact) mass is 693 g/mol. The molecule has 1 saturated heterocycles. The number of likely N-dealkylation sites (tertiary alicyclic amines) is 1. The molecule has 4 aromatic rings. The number of para-hydroxylation sites is 1. The van der Waals surface area contributed by atoms with Gasteiger partial charge in [-0.25, -0.2) is 9.89 Å². The number of benzene rings is 3. The maximum absolute atomic E-state index is 14.7. The highest BCUT2D eigenvalue weighted by atomic mass is 16.5. The zero-order chi connectivity index (χ0) is 35.8. The van der Waals surface area contributed by atoms with E-state index in [9.17, 15) is 19.2 Å².